The van der Waals surface area contributed by atoms with Crippen molar-refractivity contribution in [2.24, 2.45) is 5.73 Å². The number of carbonyl (C=O) groups is 4. The van der Waals surface area contributed by atoms with E-state index in [1.807, 2.05) is 0 Å². The lowest BCUT2D eigenvalue weighted by atomic mass is 10.2. The lowest BCUT2D eigenvalue weighted by molar-refractivity contribution is -0.166. The van der Waals surface area contributed by atoms with Crippen LogP contribution in [0.4, 0.5) is 0 Å². The number of hydrogen-bond acceptors (Lipinski definition) is 10. The molecule has 1 unspecified atom stereocenters. The summed E-state index contributed by atoms with van der Waals surface area (Å²) in [4.78, 5) is 46.5. The Labute approximate surface area is 230 Å². The number of carbonyl (C=O) groups excluding carboxylic acids is 4. The Morgan fingerprint density at radius 3 is 2.05 bits per heavy atom. The Morgan fingerprint density at radius 2 is 1.41 bits per heavy atom. The Hall–Kier alpha value is -2.88. The van der Waals surface area contributed by atoms with Gasteiger partial charge in [-0.1, -0.05) is 30.7 Å². The molecule has 0 bridgehead atoms. The number of nitrogens with two attached hydrogens (primary N) is 1. The maximum absolute atomic E-state index is 12.0. The second kappa shape index (κ2) is 23.0. The Bertz CT molecular complexity index is 780. The highest BCUT2D eigenvalue weighted by atomic mass is 16.5. The first-order valence-electron chi connectivity index (χ1n) is 13.2. The van der Waals surface area contributed by atoms with Crippen molar-refractivity contribution in [1.82, 2.24) is 25.8 Å². The van der Waals surface area contributed by atoms with Gasteiger partial charge in [-0.2, -0.15) is 0 Å². The third kappa shape index (κ3) is 20.7. The number of aliphatic hydroxyl groups excluding tert-OH is 1. The average molecular weight is 559 g/mol. The molecular weight excluding hydrogens is 512 g/mol. The van der Waals surface area contributed by atoms with Gasteiger partial charge in [0.15, 0.2) is 0 Å². The molecule has 0 radical (unpaired) electrons. The molecule has 14 nitrogen and oxygen atoms in total. The van der Waals surface area contributed by atoms with Crippen LogP contribution in [0, 0.1) is 0 Å². The summed E-state index contributed by atoms with van der Waals surface area (Å²) in [6.45, 7) is 2.78. The number of rotatable bonds is 22. The largest absolute Gasteiger partial charge is 0.379 e. The summed E-state index contributed by atoms with van der Waals surface area (Å²) >= 11 is 0. The zero-order valence-corrected chi connectivity index (χ0v) is 22.8. The molecule has 0 aromatic heterocycles. The molecule has 0 rings (SSSR count). The molecule has 0 aliphatic carbocycles. The molecule has 0 aliphatic rings. The molecule has 4 amide bonds. The van der Waals surface area contributed by atoms with E-state index < -0.39 is 23.9 Å². The molecule has 0 aromatic carbocycles. The normalized spacial score (nSPS) is 12.1. The summed E-state index contributed by atoms with van der Waals surface area (Å²) < 4.78 is 0. The van der Waals surface area contributed by atoms with Crippen molar-refractivity contribution in [1.29, 1.82) is 0 Å². The Morgan fingerprint density at radius 1 is 0.795 bits per heavy atom. The van der Waals surface area contributed by atoms with Crippen LogP contribution in [0.15, 0.2) is 24.3 Å². The predicted molar refractivity (Wildman–Crippen MR) is 142 cm³/mol. The zero-order chi connectivity index (χ0) is 29.5. The van der Waals surface area contributed by atoms with E-state index in [9.17, 15) is 39.9 Å². The second-order valence-electron chi connectivity index (χ2n) is 8.82. The number of nitrogens with one attached hydrogen (secondary N) is 2. The Kier molecular flexibility index (Phi) is 21.3. The SMILES string of the molecule is CC(=O)N(O)C/C=C/CCNC(O)CCC(=O)N(O)C/C=C/CCNC(=O)CCC(=O)N(O)CCCCCN. The molecule has 8 N–H and O–H groups in total. The average Bonchev–Trinajstić information content (AvgIpc) is 2.91. The van der Waals surface area contributed by atoms with E-state index in [0.717, 1.165) is 12.8 Å². The van der Waals surface area contributed by atoms with Crippen molar-refractivity contribution in [2.75, 3.05) is 39.3 Å². The van der Waals surface area contributed by atoms with Gasteiger partial charge in [-0.3, -0.25) is 40.1 Å². The summed E-state index contributed by atoms with van der Waals surface area (Å²) in [5.74, 6) is -1.84. The van der Waals surface area contributed by atoms with Gasteiger partial charge < -0.3 is 16.2 Å². The van der Waals surface area contributed by atoms with Crippen LogP contribution >= 0.6 is 0 Å². The first-order chi connectivity index (χ1) is 18.6. The number of aliphatic hydroxyl groups is 1. The molecule has 0 heterocycles. The van der Waals surface area contributed by atoms with Crippen LogP contribution in [-0.4, -0.2) is 105 Å². The highest BCUT2D eigenvalue weighted by molar-refractivity contribution is 5.83. The van der Waals surface area contributed by atoms with Gasteiger partial charge in [0, 0.05) is 45.8 Å². The van der Waals surface area contributed by atoms with Gasteiger partial charge in [0.2, 0.25) is 23.6 Å². The van der Waals surface area contributed by atoms with Gasteiger partial charge in [-0.15, -0.1) is 0 Å². The zero-order valence-electron chi connectivity index (χ0n) is 22.8. The minimum atomic E-state index is -0.932. The lowest BCUT2D eigenvalue weighted by Crippen LogP contribution is -2.33. The summed E-state index contributed by atoms with van der Waals surface area (Å²) in [6, 6.07) is 0. The number of amides is 4. The first-order valence-corrected chi connectivity index (χ1v) is 13.2. The fourth-order valence-electron chi connectivity index (χ4n) is 3.08. The van der Waals surface area contributed by atoms with E-state index >= 15 is 0 Å². The van der Waals surface area contributed by atoms with Crippen molar-refractivity contribution in [3.8, 4) is 0 Å². The van der Waals surface area contributed by atoms with Gasteiger partial charge in [-0.25, -0.2) is 15.2 Å². The standard InChI is InChI=1S/C25H46N6O8/c1-21(32)29(37)18-9-3-6-16-27-22(33)12-14-25(36)31(39)20-10-4-7-17-28-23(34)11-13-24(35)30(38)19-8-2-5-15-26/h3-4,9-10,22,27,33,37-39H,2,5-8,11-20,26H2,1H3,(H,28,34)/b9-3+,10-4+. The lowest BCUT2D eigenvalue weighted by Gasteiger charge is -2.15. The van der Waals surface area contributed by atoms with Crippen LogP contribution in [0.3, 0.4) is 0 Å². The van der Waals surface area contributed by atoms with E-state index in [-0.39, 0.29) is 51.2 Å². The minimum absolute atomic E-state index is 0.0394. The van der Waals surface area contributed by atoms with E-state index in [1.165, 1.54) is 6.92 Å². The monoisotopic (exact) mass is 558 g/mol. The maximum Gasteiger partial charge on any atom is 0.246 e. The van der Waals surface area contributed by atoms with Crippen molar-refractivity contribution in [2.45, 2.75) is 70.9 Å². The van der Waals surface area contributed by atoms with Gasteiger partial charge in [0.1, 0.15) is 6.23 Å². The molecule has 39 heavy (non-hydrogen) atoms. The van der Waals surface area contributed by atoms with Gasteiger partial charge in [-0.05, 0) is 38.6 Å². The van der Waals surface area contributed by atoms with Crippen LogP contribution in [-0.2, 0) is 19.2 Å². The van der Waals surface area contributed by atoms with Crippen LogP contribution < -0.4 is 16.4 Å². The molecule has 0 aliphatic heterocycles. The number of unbranched alkanes of at least 4 members (excludes halogenated alkanes) is 2. The number of hydroxylamine groups is 6. The summed E-state index contributed by atoms with van der Waals surface area (Å²) in [5.41, 5.74) is 5.39. The first kappa shape index (κ1) is 36.1. The van der Waals surface area contributed by atoms with E-state index in [1.54, 1.807) is 24.3 Å². The second-order valence-corrected chi connectivity index (χ2v) is 8.82. The molecule has 0 aromatic rings. The van der Waals surface area contributed by atoms with Crippen molar-refractivity contribution >= 4 is 23.6 Å². The van der Waals surface area contributed by atoms with Crippen molar-refractivity contribution in [3.05, 3.63) is 24.3 Å². The quantitative estimate of drug-likeness (QED) is 0.0317. The third-order valence-electron chi connectivity index (χ3n) is 5.43. The van der Waals surface area contributed by atoms with Crippen LogP contribution in [0.5, 0.6) is 0 Å². The van der Waals surface area contributed by atoms with E-state index in [0.29, 0.717) is 54.1 Å². The topological polar surface area (TPSA) is 209 Å². The highest BCUT2D eigenvalue weighted by Gasteiger charge is 2.13. The van der Waals surface area contributed by atoms with Gasteiger partial charge in [0.25, 0.3) is 0 Å². The third-order valence-corrected chi connectivity index (χ3v) is 5.43. The summed E-state index contributed by atoms with van der Waals surface area (Å²) in [7, 11) is 0. The molecule has 0 saturated carbocycles. The van der Waals surface area contributed by atoms with Crippen LogP contribution in [0.1, 0.15) is 64.7 Å². The highest BCUT2D eigenvalue weighted by Crippen LogP contribution is 2.01. The summed E-state index contributed by atoms with van der Waals surface area (Å²) in [5, 5.41) is 45.8. The molecule has 0 saturated heterocycles. The van der Waals surface area contributed by atoms with Gasteiger partial charge >= 0.3 is 0 Å². The number of hydrogen-bond donors (Lipinski definition) is 7. The predicted octanol–water partition coefficient (Wildman–Crippen LogP) is 0.266. The van der Waals surface area contributed by atoms with Crippen molar-refractivity contribution in [3.63, 3.8) is 0 Å². The molecular formula is C25H46N6O8. The smallest absolute Gasteiger partial charge is 0.246 e. The molecule has 1 atom stereocenters. The van der Waals surface area contributed by atoms with Crippen LogP contribution in [0.2, 0.25) is 0 Å². The minimum Gasteiger partial charge on any atom is -0.379 e. The number of nitrogens with zero attached hydrogens (tertiary/aromatic N) is 3. The molecule has 0 fully saturated rings. The van der Waals surface area contributed by atoms with E-state index in [2.05, 4.69) is 10.6 Å². The fourth-order valence-corrected chi connectivity index (χ4v) is 3.08. The van der Waals surface area contributed by atoms with Gasteiger partial charge in [0.05, 0.1) is 13.1 Å². The molecule has 14 heteroatoms. The van der Waals surface area contributed by atoms with E-state index in [4.69, 9.17) is 5.73 Å². The summed E-state index contributed by atoms with van der Waals surface area (Å²) in [6.07, 6.45) is 8.87. The fraction of sp³-hybridized carbons (Fsp3) is 0.680. The van der Waals surface area contributed by atoms with Crippen molar-refractivity contribution < 1.29 is 39.9 Å². The molecule has 0 spiro atoms. The Balaban J connectivity index is 3.89. The maximum atomic E-state index is 12.0. The van der Waals surface area contributed by atoms with Crippen LogP contribution in [0.25, 0.3) is 0 Å². The molecule has 224 valence electrons.